The number of hydrogen-bond donors (Lipinski definition) is 5. The van der Waals surface area contributed by atoms with Gasteiger partial charge in [0.05, 0.1) is 11.1 Å². The fraction of sp³-hybridized carbons (Fsp3) is 0.0667. The number of benzene rings is 3. The molecule has 0 radical (unpaired) electrons. The number of hydrogen-bond acceptors (Lipinski definition) is 6. The van der Waals surface area contributed by atoms with E-state index in [0.29, 0.717) is 23.1 Å². The summed E-state index contributed by atoms with van der Waals surface area (Å²) >= 11 is 0. The van der Waals surface area contributed by atoms with Gasteiger partial charge in [0.25, 0.3) is 11.8 Å². The van der Waals surface area contributed by atoms with Gasteiger partial charge in [-0.3, -0.25) is 30.0 Å². The van der Waals surface area contributed by atoms with Gasteiger partial charge in [0.15, 0.2) is 0 Å². The molecule has 0 atom stereocenters. The minimum absolute atomic E-state index is 0.125. The van der Waals surface area contributed by atoms with E-state index >= 15 is 0 Å². The van der Waals surface area contributed by atoms with Crippen LogP contribution in [0.3, 0.4) is 0 Å². The van der Waals surface area contributed by atoms with Gasteiger partial charge in [-0.2, -0.15) is 0 Å². The van der Waals surface area contributed by atoms with Crippen LogP contribution in [0, 0.1) is 0 Å². The summed E-state index contributed by atoms with van der Waals surface area (Å²) < 4.78 is 0. The monoisotopic (exact) mass is 544 g/mol. The quantitative estimate of drug-likeness (QED) is 0.183. The lowest BCUT2D eigenvalue weighted by Crippen LogP contribution is -2.16. The van der Waals surface area contributed by atoms with Gasteiger partial charge in [0, 0.05) is 36.1 Å². The predicted molar refractivity (Wildman–Crippen MR) is 156 cm³/mol. The van der Waals surface area contributed by atoms with E-state index in [2.05, 4.69) is 40.9 Å². The Balaban J connectivity index is 1.27. The molecule has 6 rings (SSSR count). The first kappa shape index (κ1) is 25.4. The molecule has 6 aromatic rings. The summed E-state index contributed by atoms with van der Waals surface area (Å²) in [6.07, 6.45) is 5.56. The molecule has 0 saturated carbocycles. The van der Waals surface area contributed by atoms with Gasteiger partial charge < -0.3 is 15.3 Å². The number of carbonyl (C=O) groups is 3. The fourth-order valence-corrected chi connectivity index (χ4v) is 4.44. The van der Waals surface area contributed by atoms with Crippen molar-refractivity contribution in [3.63, 3.8) is 0 Å². The lowest BCUT2D eigenvalue weighted by molar-refractivity contribution is -0.116. The summed E-state index contributed by atoms with van der Waals surface area (Å²) in [4.78, 5) is 57.6. The second-order valence-corrected chi connectivity index (χ2v) is 9.30. The van der Waals surface area contributed by atoms with E-state index < -0.39 is 11.8 Å². The molecule has 3 aromatic heterocycles. The van der Waals surface area contributed by atoms with E-state index in [1.54, 1.807) is 30.6 Å². The highest BCUT2D eigenvalue weighted by Gasteiger charge is 2.19. The highest BCUT2D eigenvalue weighted by atomic mass is 16.2. The molecule has 11 heteroatoms. The number of amides is 3. The smallest absolute Gasteiger partial charge is 0.276 e. The van der Waals surface area contributed by atoms with Crippen molar-refractivity contribution in [1.29, 1.82) is 0 Å². The largest absolute Gasteiger partial charge is 0.331 e. The summed E-state index contributed by atoms with van der Waals surface area (Å²) in [6.45, 7) is 0. The van der Waals surface area contributed by atoms with Crippen molar-refractivity contribution in [3.8, 4) is 0 Å². The summed E-state index contributed by atoms with van der Waals surface area (Å²) in [5.41, 5.74) is 2.59. The minimum Gasteiger partial charge on any atom is -0.331 e. The van der Waals surface area contributed by atoms with Crippen LogP contribution in [-0.4, -0.2) is 42.6 Å². The van der Waals surface area contributed by atoms with E-state index in [1.807, 2.05) is 54.6 Å². The number of pyridine rings is 1. The molecule has 3 amide bonds. The van der Waals surface area contributed by atoms with Crippen LogP contribution in [0.5, 0.6) is 0 Å². The van der Waals surface area contributed by atoms with E-state index in [4.69, 9.17) is 0 Å². The Hall–Kier alpha value is -5.84. The zero-order chi connectivity index (χ0) is 28.2. The standard InChI is InChI=1S/C30H24N8O3/c39-25(11-10-18-6-2-1-3-7-18)34-21-15-22(27(40)37-29-31-12-13-32-29)26-23(16-21)35-30(36-26)38-28(41)24-14-19-8-4-5-9-20(19)17-33-24/h1-9,12-17H,10-11H2,(H,34,39)(H2,31,32,37,40)(H2,35,36,38,41). The lowest BCUT2D eigenvalue weighted by Gasteiger charge is -2.09. The molecule has 41 heavy (non-hydrogen) atoms. The van der Waals surface area contributed by atoms with Crippen LogP contribution in [0.2, 0.25) is 0 Å². The fourth-order valence-electron chi connectivity index (χ4n) is 4.44. The molecule has 0 spiro atoms. The van der Waals surface area contributed by atoms with Crippen molar-refractivity contribution in [2.24, 2.45) is 0 Å². The number of nitrogens with zero attached hydrogens (tertiary/aromatic N) is 3. The Kier molecular flexibility index (Phi) is 6.89. The third kappa shape index (κ3) is 5.78. The van der Waals surface area contributed by atoms with Gasteiger partial charge in [0.1, 0.15) is 11.2 Å². The van der Waals surface area contributed by atoms with Crippen LogP contribution in [0.1, 0.15) is 32.8 Å². The number of aromatic amines is 2. The third-order valence-corrected chi connectivity index (χ3v) is 6.42. The molecule has 202 valence electrons. The second kappa shape index (κ2) is 11.1. The van der Waals surface area contributed by atoms with Gasteiger partial charge in [-0.05, 0) is 35.6 Å². The molecule has 0 fully saturated rings. The van der Waals surface area contributed by atoms with Gasteiger partial charge >= 0.3 is 0 Å². The molecule has 0 aliphatic heterocycles. The summed E-state index contributed by atoms with van der Waals surface area (Å²) in [7, 11) is 0. The van der Waals surface area contributed by atoms with Crippen LogP contribution in [-0.2, 0) is 11.2 Å². The molecule has 0 saturated heterocycles. The molecule has 0 bridgehead atoms. The number of nitrogens with one attached hydrogen (secondary N) is 5. The average molecular weight is 545 g/mol. The normalized spacial score (nSPS) is 10.9. The number of anilines is 3. The second-order valence-electron chi connectivity index (χ2n) is 9.30. The topological polar surface area (TPSA) is 158 Å². The molecule has 5 N–H and O–H groups in total. The Morgan fingerprint density at radius 3 is 2.37 bits per heavy atom. The lowest BCUT2D eigenvalue weighted by atomic mass is 10.1. The zero-order valence-electron chi connectivity index (χ0n) is 21.6. The van der Waals surface area contributed by atoms with Crippen LogP contribution in [0.15, 0.2) is 91.4 Å². The SMILES string of the molecule is O=C(CCc1ccccc1)Nc1cc(C(=O)Nc2ncc[nH]2)c2nc(NC(=O)c3cc4ccccc4cn3)[nH]c2c1. The summed E-state index contributed by atoms with van der Waals surface area (Å²) in [6, 6.07) is 22.2. The van der Waals surface area contributed by atoms with Crippen LogP contribution < -0.4 is 16.0 Å². The van der Waals surface area contributed by atoms with Crippen LogP contribution in [0.4, 0.5) is 17.6 Å². The molecule has 0 aliphatic rings. The Bertz CT molecular complexity index is 1880. The number of aromatic nitrogens is 5. The first-order valence-corrected chi connectivity index (χ1v) is 12.9. The minimum atomic E-state index is -0.495. The van der Waals surface area contributed by atoms with Crippen molar-refractivity contribution in [1.82, 2.24) is 24.9 Å². The van der Waals surface area contributed by atoms with Crippen molar-refractivity contribution >= 4 is 57.1 Å². The first-order chi connectivity index (χ1) is 20.0. The van der Waals surface area contributed by atoms with Crippen molar-refractivity contribution < 1.29 is 14.4 Å². The van der Waals surface area contributed by atoms with E-state index in [1.165, 1.54) is 6.20 Å². The molecule has 0 unspecified atom stereocenters. The molecular formula is C30H24N8O3. The Morgan fingerprint density at radius 2 is 1.56 bits per heavy atom. The first-order valence-electron chi connectivity index (χ1n) is 12.9. The number of imidazole rings is 2. The van der Waals surface area contributed by atoms with Crippen LogP contribution >= 0.6 is 0 Å². The number of H-pyrrole nitrogens is 2. The van der Waals surface area contributed by atoms with Crippen molar-refractivity contribution in [2.45, 2.75) is 12.8 Å². The van der Waals surface area contributed by atoms with Gasteiger partial charge in [0.2, 0.25) is 17.8 Å². The Labute approximate surface area is 233 Å². The van der Waals surface area contributed by atoms with Crippen molar-refractivity contribution in [3.05, 3.63) is 108 Å². The third-order valence-electron chi connectivity index (χ3n) is 6.42. The van der Waals surface area contributed by atoms with Gasteiger partial charge in [-0.1, -0.05) is 54.6 Å². The molecular weight excluding hydrogens is 520 g/mol. The van der Waals surface area contributed by atoms with Crippen molar-refractivity contribution in [2.75, 3.05) is 16.0 Å². The molecule has 11 nitrogen and oxygen atoms in total. The van der Waals surface area contributed by atoms with Gasteiger partial charge in [-0.25, -0.2) is 9.97 Å². The number of aryl methyl sites for hydroxylation is 1. The van der Waals surface area contributed by atoms with E-state index in [0.717, 1.165) is 16.3 Å². The van der Waals surface area contributed by atoms with E-state index in [9.17, 15) is 14.4 Å². The molecule has 0 aliphatic carbocycles. The highest BCUT2D eigenvalue weighted by molar-refractivity contribution is 6.13. The average Bonchev–Trinajstić information content (AvgIpc) is 3.65. The van der Waals surface area contributed by atoms with Gasteiger partial charge in [-0.15, -0.1) is 0 Å². The highest BCUT2D eigenvalue weighted by Crippen LogP contribution is 2.25. The number of carbonyl (C=O) groups excluding carboxylic acids is 3. The maximum absolute atomic E-state index is 13.2. The molecule has 3 aromatic carbocycles. The number of fused-ring (bicyclic) bond motifs is 2. The maximum atomic E-state index is 13.2. The predicted octanol–water partition coefficient (Wildman–Crippen LogP) is 4.91. The molecule has 3 heterocycles. The summed E-state index contributed by atoms with van der Waals surface area (Å²) in [5.74, 6) is -0.788. The number of rotatable bonds is 8. The summed E-state index contributed by atoms with van der Waals surface area (Å²) in [5, 5.41) is 10.1. The van der Waals surface area contributed by atoms with E-state index in [-0.39, 0.29) is 35.5 Å². The maximum Gasteiger partial charge on any atom is 0.276 e. The Morgan fingerprint density at radius 1 is 0.780 bits per heavy atom. The zero-order valence-corrected chi connectivity index (χ0v) is 21.6. The van der Waals surface area contributed by atoms with Crippen LogP contribution in [0.25, 0.3) is 21.8 Å².